The largest absolute Gasteiger partial charge is 0.322 e. The van der Waals surface area contributed by atoms with Crippen molar-refractivity contribution < 1.29 is 9.18 Å². The van der Waals surface area contributed by atoms with Gasteiger partial charge < -0.3 is 10.2 Å². The summed E-state index contributed by atoms with van der Waals surface area (Å²) in [4.78, 5) is 16.4. The van der Waals surface area contributed by atoms with E-state index in [9.17, 15) is 9.18 Å². The van der Waals surface area contributed by atoms with E-state index in [1.165, 1.54) is 25.0 Å². The van der Waals surface area contributed by atoms with E-state index < -0.39 is 0 Å². The van der Waals surface area contributed by atoms with Gasteiger partial charge in [-0.05, 0) is 43.5 Å². The summed E-state index contributed by atoms with van der Waals surface area (Å²) in [6.45, 7) is 8.87. The average molecular weight is 307 g/mol. The molecule has 22 heavy (non-hydrogen) atoms. The van der Waals surface area contributed by atoms with Crippen molar-refractivity contribution in [3.63, 3.8) is 0 Å². The van der Waals surface area contributed by atoms with Gasteiger partial charge in [0.05, 0.1) is 0 Å². The zero-order chi connectivity index (χ0) is 15.9. The Balaban J connectivity index is 1.73. The van der Waals surface area contributed by atoms with Crippen LogP contribution in [0.15, 0.2) is 24.3 Å². The fourth-order valence-corrected chi connectivity index (χ4v) is 2.67. The van der Waals surface area contributed by atoms with Crippen LogP contribution < -0.4 is 5.32 Å². The third-order valence-corrected chi connectivity index (χ3v) is 3.99. The van der Waals surface area contributed by atoms with Crippen LogP contribution in [0.25, 0.3) is 0 Å². The Bertz CT molecular complexity index is 485. The van der Waals surface area contributed by atoms with E-state index >= 15 is 0 Å². The van der Waals surface area contributed by atoms with Crippen molar-refractivity contribution in [1.29, 1.82) is 0 Å². The second-order valence-corrected chi connectivity index (χ2v) is 6.31. The summed E-state index contributed by atoms with van der Waals surface area (Å²) in [5.74, 6) is 0.408. The van der Waals surface area contributed by atoms with Crippen molar-refractivity contribution in [2.75, 3.05) is 38.0 Å². The lowest BCUT2D eigenvalue weighted by Crippen LogP contribution is -2.50. The minimum atomic E-state index is -0.340. The van der Waals surface area contributed by atoms with Crippen LogP contribution in [-0.2, 0) is 0 Å². The third kappa shape index (κ3) is 5.30. The summed E-state index contributed by atoms with van der Waals surface area (Å²) in [5, 5.41) is 2.75. The average Bonchev–Trinajstić information content (AvgIpc) is 2.47. The molecule has 5 heteroatoms. The number of urea groups is 1. The van der Waals surface area contributed by atoms with Gasteiger partial charge in [0, 0.05) is 31.9 Å². The number of benzene rings is 1. The van der Waals surface area contributed by atoms with E-state index in [4.69, 9.17) is 0 Å². The first-order valence-corrected chi connectivity index (χ1v) is 8.08. The van der Waals surface area contributed by atoms with Crippen LogP contribution in [0.3, 0.4) is 0 Å². The lowest BCUT2D eigenvalue weighted by molar-refractivity contribution is 0.145. The normalized spacial score (nSPS) is 16.1. The van der Waals surface area contributed by atoms with Gasteiger partial charge in [-0.25, -0.2) is 9.18 Å². The van der Waals surface area contributed by atoms with Crippen LogP contribution in [0.5, 0.6) is 0 Å². The van der Waals surface area contributed by atoms with Gasteiger partial charge in [0.1, 0.15) is 5.82 Å². The van der Waals surface area contributed by atoms with Crippen molar-refractivity contribution in [2.24, 2.45) is 5.92 Å². The standard InChI is InChI=1S/C17H26FN3O/c1-14(2)5-4-8-20-9-11-21(12-10-20)17(22)19-16-7-3-6-15(18)13-16/h3,6-7,13-14H,4-5,8-12H2,1-2H3,(H,19,22). The molecule has 1 aromatic carbocycles. The van der Waals surface area contributed by atoms with Crippen LogP contribution in [0.1, 0.15) is 26.7 Å². The number of amides is 2. The Labute approximate surface area is 132 Å². The minimum absolute atomic E-state index is 0.146. The molecule has 2 rings (SSSR count). The number of hydrogen-bond donors (Lipinski definition) is 1. The predicted octanol–water partition coefficient (Wildman–Crippen LogP) is 3.41. The molecule has 0 aliphatic carbocycles. The number of anilines is 1. The molecule has 0 atom stereocenters. The van der Waals surface area contributed by atoms with Crippen LogP contribution in [0.2, 0.25) is 0 Å². The zero-order valence-corrected chi connectivity index (χ0v) is 13.5. The molecule has 1 fully saturated rings. The Hall–Kier alpha value is -1.62. The molecule has 0 radical (unpaired) electrons. The molecule has 1 saturated heterocycles. The maximum absolute atomic E-state index is 13.1. The van der Waals surface area contributed by atoms with E-state index in [1.807, 2.05) is 0 Å². The van der Waals surface area contributed by atoms with Gasteiger partial charge in [-0.15, -0.1) is 0 Å². The number of halogens is 1. The number of hydrogen-bond acceptors (Lipinski definition) is 2. The lowest BCUT2D eigenvalue weighted by Gasteiger charge is -2.34. The van der Waals surface area contributed by atoms with Crippen molar-refractivity contribution in [1.82, 2.24) is 9.80 Å². The fourth-order valence-electron chi connectivity index (χ4n) is 2.67. The highest BCUT2D eigenvalue weighted by Gasteiger charge is 2.20. The number of piperazine rings is 1. The van der Waals surface area contributed by atoms with E-state index in [0.29, 0.717) is 5.69 Å². The van der Waals surface area contributed by atoms with E-state index in [1.54, 1.807) is 17.0 Å². The van der Waals surface area contributed by atoms with Crippen LogP contribution >= 0.6 is 0 Å². The van der Waals surface area contributed by atoms with E-state index in [2.05, 4.69) is 24.1 Å². The van der Waals surface area contributed by atoms with Crippen LogP contribution in [0, 0.1) is 11.7 Å². The molecule has 1 aliphatic rings. The SMILES string of the molecule is CC(C)CCCN1CCN(C(=O)Nc2cccc(F)c2)CC1. The summed E-state index contributed by atoms with van der Waals surface area (Å²) < 4.78 is 13.1. The summed E-state index contributed by atoms with van der Waals surface area (Å²) in [5.41, 5.74) is 0.504. The third-order valence-electron chi connectivity index (χ3n) is 3.99. The number of nitrogens with zero attached hydrogens (tertiary/aromatic N) is 2. The molecule has 0 unspecified atom stereocenters. The van der Waals surface area contributed by atoms with Crippen molar-refractivity contribution in [3.8, 4) is 0 Å². The maximum Gasteiger partial charge on any atom is 0.321 e. The summed E-state index contributed by atoms with van der Waals surface area (Å²) >= 11 is 0. The first kappa shape index (κ1) is 16.7. The molecule has 1 aromatic rings. The highest BCUT2D eigenvalue weighted by Crippen LogP contribution is 2.12. The Morgan fingerprint density at radius 1 is 1.27 bits per heavy atom. The molecular weight excluding hydrogens is 281 g/mol. The van der Waals surface area contributed by atoms with Crippen molar-refractivity contribution >= 4 is 11.7 Å². The number of nitrogens with one attached hydrogen (secondary N) is 1. The lowest BCUT2D eigenvalue weighted by atomic mass is 10.1. The molecule has 1 heterocycles. The smallest absolute Gasteiger partial charge is 0.321 e. The molecule has 0 saturated carbocycles. The maximum atomic E-state index is 13.1. The Kier molecular flexibility index (Phi) is 6.19. The molecule has 0 bridgehead atoms. The molecule has 4 nitrogen and oxygen atoms in total. The number of carbonyl (C=O) groups excluding carboxylic acids is 1. The molecule has 0 spiro atoms. The Morgan fingerprint density at radius 2 is 2.00 bits per heavy atom. The zero-order valence-electron chi connectivity index (χ0n) is 13.5. The summed E-state index contributed by atoms with van der Waals surface area (Å²) in [6.07, 6.45) is 2.47. The molecule has 1 N–H and O–H groups in total. The fraction of sp³-hybridized carbons (Fsp3) is 0.588. The van der Waals surface area contributed by atoms with Crippen molar-refractivity contribution in [2.45, 2.75) is 26.7 Å². The second-order valence-electron chi connectivity index (χ2n) is 6.31. The first-order chi connectivity index (χ1) is 10.5. The molecule has 2 amide bonds. The number of carbonyl (C=O) groups is 1. The number of rotatable bonds is 5. The van der Waals surface area contributed by atoms with Gasteiger partial charge in [0.15, 0.2) is 0 Å². The highest BCUT2D eigenvalue weighted by atomic mass is 19.1. The van der Waals surface area contributed by atoms with E-state index in [0.717, 1.165) is 38.6 Å². The molecule has 0 aromatic heterocycles. The summed E-state index contributed by atoms with van der Waals surface area (Å²) in [7, 11) is 0. The van der Waals surface area contributed by atoms with Crippen LogP contribution in [-0.4, -0.2) is 48.6 Å². The quantitative estimate of drug-likeness (QED) is 0.905. The second kappa shape index (κ2) is 8.13. The summed E-state index contributed by atoms with van der Waals surface area (Å²) in [6, 6.07) is 5.85. The van der Waals surface area contributed by atoms with Gasteiger partial charge >= 0.3 is 6.03 Å². The molecule has 122 valence electrons. The van der Waals surface area contributed by atoms with Gasteiger partial charge in [-0.1, -0.05) is 19.9 Å². The minimum Gasteiger partial charge on any atom is -0.322 e. The van der Waals surface area contributed by atoms with Gasteiger partial charge in [-0.2, -0.15) is 0 Å². The highest BCUT2D eigenvalue weighted by molar-refractivity contribution is 5.89. The van der Waals surface area contributed by atoms with Gasteiger partial charge in [-0.3, -0.25) is 4.90 Å². The van der Waals surface area contributed by atoms with Crippen molar-refractivity contribution in [3.05, 3.63) is 30.1 Å². The Morgan fingerprint density at radius 3 is 2.64 bits per heavy atom. The van der Waals surface area contributed by atoms with E-state index in [-0.39, 0.29) is 11.8 Å². The van der Waals surface area contributed by atoms with Gasteiger partial charge in [0.2, 0.25) is 0 Å². The molecule has 1 aliphatic heterocycles. The predicted molar refractivity (Wildman–Crippen MR) is 87.5 cm³/mol. The topological polar surface area (TPSA) is 35.6 Å². The van der Waals surface area contributed by atoms with Crippen LogP contribution in [0.4, 0.5) is 14.9 Å². The molecular formula is C17H26FN3O. The van der Waals surface area contributed by atoms with Gasteiger partial charge in [0.25, 0.3) is 0 Å². The first-order valence-electron chi connectivity index (χ1n) is 8.08. The monoisotopic (exact) mass is 307 g/mol.